The zero-order valence-corrected chi connectivity index (χ0v) is 14.0. The van der Waals surface area contributed by atoms with Gasteiger partial charge in [-0.15, -0.1) is 0 Å². The van der Waals surface area contributed by atoms with Crippen molar-refractivity contribution in [2.45, 2.75) is 6.92 Å². The van der Waals surface area contributed by atoms with E-state index < -0.39 is 5.91 Å². The zero-order valence-electron chi connectivity index (χ0n) is 13.2. The average molecular weight is 356 g/mol. The molecule has 0 radical (unpaired) electrons. The topological polar surface area (TPSA) is 84.2 Å². The van der Waals surface area contributed by atoms with Crippen molar-refractivity contribution < 1.29 is 14.0 Å². The summed E-state index contributed by atoms with van der Waals surface area (Å²) in [5.41, 5.74) is 2.38. The lowest BCUT2D eigenvalue weighted by Crippen LogP contribution is -2.14. The Bertz CT molecular complexity index is 923. The van der Waals surface area contributed by atoms with Crippen molar-refractivity contribution in [3.05, 3.63) is 77.0 Å². The molecule has 7 heteroatoms. The third-order valence-corrected chi connectivity index (χ3v) is 3.72. The Labute approximate surface area is 148 Å². The highest BCUT2D eigenvalue weighted by atomic mass is 35.5. The van der Waals surface area contributed by atoms with Crippen LogP contribution in [0.2, 0.25) is 5.02 Å². The van der Waals surface area contributed by atoms with Gasteiger partial charge in [0.05, 0.1) is 16.8 Å². The van der Waals surface area contributed by atoms with Crippen LogP contribution in [0.25, 0.3) is 0 Å². The Kier molecular flexibility index (Phi) is 4.81. The molecule has 2 aromatic carbocycles. The van der Waals surface area contributed by atoms with E-state index in [0.717, 1.165) is 5.56 Å². The Morgan fingerprint density at radius 1 is 1.04 bits per heavy atom. The maximum Gasteiger partial charge on any atom is 0.293 e. The van der Waals surface area contributed by atoms with Crippen molar-refractivity contribution in [2.75, 3.05) is 10.6 Å². The molecule has 1 heterocycles. The second kappa shape index (κ2) is 7.19. The van der Waals surface area contributed by atoms with Crippen LogP contribution in [0.15, 0.2) is 59.5 Å². The van der Waals surface area contributed by atoms with Crippen molar-refractivity contribution in [1.82, 2.24) is 4.98 Å². The van der Waals surface area contributed by atoms with Crippen LogP contribution in [0.1, 0.15) is 26.5 Å². The summed E-state index contributed by atoms with van der Waals surface area (Å²) < 4.78 is 4.94. The van der Waals surface area contributed by atoms with Crippen LogP contribution in [0.3, 0.4) is 0 Å². The second-order valence-corrected chi connectivity index (χ2v) is 5.75. The molecule has 126 valence electrons. The van der Waals surface area contributed by atoms with Gasteiger partial charge in [0.1, 0.15) is 0 Å². The molecule has 0 spiro atoms. The second-order valence-electron chi connectivity index (χ2n) is 5.34. The molecule has 0 aliphatic heterocycles. The number of aryl methyl sites for hydroxylation is 1. The molecule has 0 bridgehead atoms. The van der Waals surface area contributed by atoms with Gasteiger partial charge in [-0.05, 0) is 42.8 Å². The molecule has 0 saturated heterocycles. The fourth-order valence-corrected chi connectivity index (χ4v) is 2.52. The van der Waals surface area contributed by atoms with Crippen LogP contribution in [0.4, 0.5) is 11.4 Å². The first kappa shape index (κ1) is 16.7. The highest BCUT2D eigenvalue weighted by Crippen LogP contribution is 2.21. The van der Waals surface area contributed by atoms with Gasteiger partial charge in [0.25, 0.3) is 11.8 Å². The van der Waals surface area contributed by atoms with Crippen LogP contribution in [0.5, 0.6) is 0 Å². The minimum absolute atomic E-state index is 0.0980. The van der Waals surface area contributed by atoms with E-state index in [-0.39, 0.29) is 11.7 Å². The highest BCUT2D eigenvalue weighted by Gasteiger charge is 2.12. The molecule has 0 saturated carbocycles. The summed E-state index contributed by atoms with van der Waals surface area (Å²) >= 11 is 6.11. The molecule has 0 fully saturated rings. The van der Waals surface area contributed by atoms with Gasteiger partial charge in [0.2, 0.25) is 5.76 Å². The summed E-state index contributed by atoms with van der Waals surface area (Å²) in [5.74, 6) is -0.660. The molecule has 2 amide bonds. The molecule has 0 atom stereocenters. The number of amides is 2. The molecule has 3 rings (SSSR count). The molecule has 1 aromatic heterocycles. The summed E-state index contributed by atoms with van der Waals surface area (Å²) in [7, 11) is 0. The third-order valence-electron chi connectivity index (χ3n) is 3.40. The molecule has 6 nitrogen and oxygen atoms in total. The molecular weight excluding hydrogens is 342 g/mol. The smallest absolute Gasteiger partial charge is 0.293 e. The summed E-state index contributed by atoms with van der Waals surface area (Å²) in [6.07, 6.45) is 2.50. The first-order valence-electron chi connectivity index (χ1n) is 7.40. The molecule has 0 aliphatic rings. The lowest BCUT2D eigenvalue weighted by Gasteiger charge is -2.09. The minimum atomic E-state index is -0.428. The molecule has 2 N–H and O–H groups in total. The van der Waals surface area contributed by atoms with Gasteiger partial charge in [-0.25, -0.2) is 4.98 Å². The fourth-order valence-electron chi connectivity index (χ4n) is 2.20. The van der Waals surface area contributed by atoms with Gasteiger partial charge in [-0.3, -0.25) is 9.59 Å². The van der Waals surface area contributed by atoms with Crippen molar-refractivity contribution in [1.29, 1.82) is 0 Å². The number of hydrogen-bond acceptors (Lipinski definition) is 4. The van der Waals surface area contributed by atoms with Crippen molar-refractivity contribution in [2.24, 2.45) is 0 Å². The monoisotopic (exact) mass is 355 g/mol. The van der Waals surface area contributed by atoms with E-state index in [2.05, 4.69) is 15.6 Å². The van der Waals surface area contributed by atoms with Crippen molar-refractivity contribution >= 4 is 34.8 Å². The fraction of sp³-hybridized carbons (Fsp3) is 0.0556. The standard InChI is InChI=1S/C18H14ClN3O3/c1-11-5-6-14(15(19)7-11)17(23)21-12-3-2-4-13(8-12)22-18(24)16-9-20-10-25-16/h2-10H,1H3,(H,21,23)(H,22,24). The number of halogens is 1. The van der Waals surface area contributed by atoms with E-state index in [1.54, 1.807) is 36.4 Å². The zero-order chi connectivity index (χ0) is 17.8. The average Bonchev–Trinajstić information content (AvgIpc) is 3.09. The molecule has 0 aliphatic carbocycles. The Morgan fingerprint density at radius 3 is 2.40 bits per heavy atom. The summed E-state index contributed by atoms with van der Waals surface area (Å²) in [6.45, 7) is 1.90. The number of nitrogens with one attached hydrogen (secondary N) is 2. The number of rotatable bonds is 4. The van der Waals surface area contributed by atoms with Gasteiger partial charge < -0.3 is 15.1 Å². The number of nitrogens with zero attached hydrogens (tertiary/aromatic N) is 1. The van der Waals surface area contributed by atoms with Gasteiger partial charge >= 0.3 is 0 Å². The number of hydrogen-bond donors (Lipinski definition) is 2. The van der Waals surface area contributed by atoms with Gasteiger partial charge in [0.15, 0.2) is 6.39 Å². The number of benzene rings is 2. The first-order valence-corrected chi connectivity index (χ1v) is 7.78. The van der Waals surface area contributed by atoms with Crippen molar-refractivity contribution in [3.8, 4) is 0 Å². The SMILES string of the molecule is Cc1ccc(C(=O)Nc2cccc(NC(=O)c3cnco3)c2)c(Cl)c1. The summed E-state index contributed by atoms with van der Waals surface area (Å²) in [4.78, 5) is 28.0. The van der Waals surface area contributed by atoms with Crippen LogP contribution >= 0.6 is 11.6 Å². The Hall–Kier alpha value is -3.12. The van der Waals surface area contributed by atoms with Crippen LogP contribution < -0.4 is 10.6 Å². The van der Waals surface area contributed by atoms with E-state index in [4.69, 9.17) is 16.0 Å². The number of carbonyl (C=O) groups excluding carboxylic acids is 2. The number of carbonyl (C=O) groups is 2. The van der Waals surface area contributed by atoms with Gasteiger partial charge in [-0.2, -0.15) is 0 Å². The lowest BCUT2D eigenvalue weighted by molar-refractivity contribution is 0.0995. The van der Waals surface area contributed by atoms with Crippen LogP contribution in [-0.4, -0.2) is 16.8 Å². The lowest BCUT2D eigenvalue weighted by atomic mass is 10.1. The third kappa shape index (κ3) is 4.05. The molecule has 25 heavy (non-hydrogen) atoms. The molecular formula is C18H14ClN3O3. The highest BCUT2D eigenvalue weighted by molar-refractivity contribution is 6.34. The van der Waals surface area contributed by atoms with Crippen LogP contribution in [-0.2, 0) is 0 Å². The van der Waals surface area contributed by atoms with Crippen molar-refractivity contribution in [3.63, 3.8) is 0 Å². The number of oxazole rings is 1. The maximum absolute atomic E-state index is 12.4. The quantitative estimate of drug-likeness (QED) is 0.736. The predicted octanol–water partition coefficient (Wildman–Crippen LogP) is 4.14. The maximum atomic E-state index is 12.4. The first-order chi connectivity index (χ1) is 12.0. The summed E-state index contributed by atoms with van der Waals surface area (Å²) in [6, 6.07) is 12.0. The number of aromatic nitrogens is 1. The molecule has 3 aromatic rings. The van der Waals surface area contributed by atoms with E-state index in [9.17, 15) is 9.59 Å². The Balaban J connectivity index is 1.73. The number of anilines is 2. The van der Waals surface area contributed by atoms with Crippen LogP contribution in [0, 0.1) is 6.92 Å². The predicted molar refractivity (Wildman–Crippen MR) is 95.0 cm³/mol. The summed E-state index contributed by atoms with van der Waals surface area (Å²) in [5, 5.41) is 5.80. The van der Waals surface area contributed by atoms with E-state index in [1.807, 2.05) is 13.0 Å². The molecule has 0 unspecified atom stereocenters. The van der Waals surface area contributed by atoms with E-state index in [0.29, 0.717) is 22.0 Å². The largest absolute Gasteiger partial charge is 0.438 e. The normalized spacial score (nSPS) is 10.3. The minimum Gasteiger partial charge on any atom is -0.438 e. The Morgan fingerprint density at radius 2 is 1.76 bits per heavy atom. The van der Waals surface area contributed by atoms with E-state index >= 15 is 0 Å². The van der Waals surface area contributed by atoms with Gasteiger partial charge in [0, 0.05) is 11.4 Å². The van der Waals surface area contributed by atoms with E-state index in [1.165, 1.54) is 12.6 Å². The van der Waals surface area contributed by atoms with Gasteiger partial charge in [-0.1, -0.05) is 23.7 Å².